The number of amides is 1. The average Bonchev–Trinajstić information content (AvgIpc) is 2.70. The molecule has 3 aromatic carbocycles. The zero-order chi connectivity index (χ0) is 20.1. The molecule has 0 saturated carbocycles. The van der Waals surface area contributed by atoms with Gasteiger partial charge >= 0.3 is 0 Å². The molecular formula is C25H29NO2. The molecule has 3 aromatic rings. The first-order chi connectivity index (χ1) is 13.4. The van der Waals surface area contributed by atoms with E-state index in [9.17, 15) is 4.79 Å². The smallest absolute Gasteiger partial charge is 0.261 e. The number of rotatable bonds is 6. The van der Waals surface area contributed by atoms with Gasteiger partial charge in [0.05, 0.1) is 0 Å². The number of nitrogens with one attached hydrogen (secondary N) is 1. The molecule has 0 aliphatic rings. The predicted molar refractivity (Wildman–Crippen MR) is 116 cm³/mol. The molecule has 3 heteroatoms. The van der Waals surface area contributed by atoms with Crippen LogP contribution in [0.15, 0.2) is 66.7 Å². The fraction of sp³-hybridized carbons (Fsp3) is 0.320. The van der Waals surface area contributed by atoms with Crippen molar-refractivity contribution in [3.63, 3.8) is 0 Å². The second kappa shape index (κ2) is 8.47. The molecule has 3 nitrogen and oxygen atoms in total. The van der Waals surface area contributed by atoms with Crippen molar-refractivity contribution in [2.45, 2.75) is 52.2 Å². The summed E-state index contributed by atoms with van der Waals surface area (Å²) in [5.41, 5.74) is 2.45. The summed E-state index contributed by atoms with van der Waals surface area (Å²) in [5.74, 6) is 0.635. The monoisotopic (exact) mass is 375 g/mol. The van der Waals surface area contributed by atoms with Gasteiger partial charge in [-0.25, -0.2) is 0 Å². The van der Waals surface area contributed by atoms with Crippen LogP contribution in [0.25, 0.3) is 10.8 Å². The van der Waals surface area contributed by atoms with Gasteiger partial charge in [-0.3, -0.25) is 4.79 Å². The molecule has 0 fully saturated rings. The van der Waals surface area contributed by atoms with Crippen molar-refractivity contribution < 1.29 is 9.53 Å². The van der Waals surface area contributed by atoms with Crippen LogP contribution < -0.4 is 10.1 Å². The van der Waals surface area contributed by atoms with Crippen LogP contribution in [0.3, 0.4) is 0 Å². The van der Waals surface area contributed by atoms with E-state index in [1.165, 1.54) is 10.9 Å². The minimum atomic E-state index is -0.504. The van der Waals surface area contributed by atoms with Crippen molar-refractivity contribution in [1.29, 1.82) is 0 Å². The van der Waals surface area contributed by atoms with E-state index in [0.29, 0.717) is 13.0 Å². The van der Waals surface area contributed by atoms with Gasteiger partial charge in [-0.2, -0.15) is 0 Å². The first kappa shape index (κ1) is 19.9. The van der Waals surface area contributed by atoms with Crippen molar-refractivity contribution in [3.05, 3.63) is 77.9 Å². The summed E-state index contributed by atoms with van der Waals surface area (Å²) in [6, 6.07) is 22.4. The Labute approximate surface area is 167 Å². The molecule has 28 heavy (non-hydrogen) atoms. The highest BCUT2D eigenvalue weighted by molar-refractivity contribution is 5.86. The first-order valence-electron chi connectivity index (χ1n) is 9.90. The second-order valence-corrected chi connectivity index (χ2v) is 8.15. The lowest BCUT2D eigenvalue weighted by Crippen LogP contribution is -2.37. The standard InChI is InChI=1S/C25H29NO2/c1-5-23(28-21-15-13-20(14-16-21)25(2,3)4)24(27)26-17-19-11-8-10-18-9-6-7-12-22(18)19/h6-16,23H,5,17H2,1-4H3,(H,26,27)/t23-/m0/s1. The van der Waals surface area contributed by atoms with E-state index in [-0.39, 0.29) is 11.3 Å². The molecular weight excluding hydrogens is 346 g/mol. The highest BCUT2D eigenvalue weighted by Crippen LogP contribution is 2.25. The zero-order valence-electron chi connectivity index (χ0n) is 17.2. The number of fused-ring (bicyclic) bond motifs is 1. The first-order valence-corrected chi connectivity index (χ1v) is 9.90. The SMILES string of the molecule is CC[C@H](Oc1ccc(C(C)(C)C)cc1)C(=O)NCc1cccc2ccccc12. The van der Waals surface area contributed by atoms with Crippen LogP contribution in [0, 0.1) is 0 Å². The number of carbonyl (C=O) groups excluding carboxylic acids is 1. The lowest BCUT2D eigenvalue weighted by Gasteiger charge is -2.21. The van der Waals surface area contributed by atoms with Crippen molar-refractivity contribution in [1.82, 2.24) is 5.32 Å². The lowest BCUT2D eigenvalue weighted by molar-refractivity contribution is -0.128. The van der Waals surface area contributed by atoms with Crippen LogP contribution in [0.4, 0.5) is 0 Å². The van der Waals surface area contributed by atoms with E-state index >= 15 is 0 Å². The number of carbonyl (C=O) groups is 1. The molecule has 0 aliphatic heterocycles. The van der Waals surface area contributed by atoms with Crippen LogP contribution in [-0.2, 0) is 16.8 Å². The molecule has 1 amide bonds. The minimum Gasteiger partial charge on any atom is -0.481 e. The fourth-order valence-corrected chi connectivity index (χ4v) is 3.26. The Balaban J connectivity index is 1.65. The summed E-state index contributed by atoms with van der Waals surface area (Å²) in [6.07, 6.45) is 0.109. The van der Waals surface area contributed by atoms with Crippen LogP contribution in [0.1, 0.15) is 45.2 Å². The van der Waals surface area contributed by atoms with Gasteiger partial charge in [0, 0.05) is 6.54 Å². The van der Waals surface area contributed by atoms with E-state index in [4.69, 9.17) is 4.74 Å². The summed E-state index contributed by atoms with van der Waals surface area (Å²) in [6.45, 7) is 8.99. The highest BCUT2D eigenvalue weighted by atomic mass is 16.5. The van der Waals surface area contributed by atoms with E-state index < -0.39 is 6.10 Å². The number of ether oxygens (including phenoxy) is 1. The molecule has 3 rings (SSSR count). The maximum atomic E-state index is 12.7. The van der Waals surface area contributed by atoms with Crippen LogP contribution >= 0.6 is 0 Å². The Morgan fingerprint density at radius 2 is 1.64 bits per heavy atom. The largest absolute Gasteiger partial charge is 0.481 e. The Hall–Kier alpha value is -2.81. The summed E-state index contributed by atoms with van der Waals surface area (Å²) in [4.78, 5) is 12.7. The Morgan fingerprint density at radius 1 is 0.964 bits per heavy atom. The Bertz CT molecular complexity index is 933. The molecule has 0 bridgehead atoms. The van der Waals surface area contributed by atoms with Gasteiger partial charge in [0.15, 0.2) is 6.10 Å². The summed E-state index contributed by atoms with van der Waals surface area (Å²) < 4.78 is 5.96. The normalized spacial score (nSPS) is 12.6. The van der Waals surface area contributed by atoms with Crippen LogP contribution in [0.2, 0.25) is 0 Å². The van der Waals surface area contributed by atoms with Gasteiger partial charge in [0.25, 0.3) is 5.91 Å². The minimum absolute atomic E-state index is 0.0877. The third-order valence-corrected chi connectivity index (χ3v) is 4.99. The van der Waals surface area contributed by atoms with Crippen molar-refractivity contribution in [2.75, 3.05) is 0 Å². The predicted octanol–water partition coefficient (Wildman–Crippen LogP) is 5.61. The summed E-state index contributed by atoms with van der Waals surface area (Å²) in [7, 11) is 0. The van der Waals surface area contributed by atoms with Gasteiger partial charge < -0.3 is 10.1 Å². The van der Waals surface area contributed by atoms with Gasteiger partial charge in [-0.15, -0.1) is 0 Å². The lowest BCUT2D eigenvalue weighted by atomic mass is 9.87. The molecule has 0 aliphatic carbocycles. The molecule has 1 N–H and O–H groups in total. The molecule has 146 valence electrons. The number of hydrogen-bond acceptors (Lipinski definition) is 2. The van der Waals surface area contributed by atoms with Gasteiger partial charge in [0.1, 0.15) is 5.75 Å². The number of benzene rings is 3. The zero-order valence-corrected chi connectivity index (χ0v) is 17.2. The third-order valence-electron chi connectivity index (χ3n) is 4.99. The molecule has 0 saturated heterocycles. The maximum absolute atomic E-state index is 12.7. The topological polar surface area (TPSA) is 38.3 Å². The van der Waals surface area contributed by atoms with Crippen LogP contribution in [-0.4, -0.2) is 12.0 Å². The Morgan fingerprint density at radius 3 is 2.32 bits per heavy atom. The fourth-order valence-electron chi connectivity index (χ4n) is 3.26. The quantitative estimate of drug-likeness (QED) is 0.608. The van der Waals surface area contributed by atoms with Crippen LogP contribution in [0.5, 0.6) is 5.75 Å². The molecule has 0 aromatic heterocycles. The second-order valence-electron chi connectivity index (χ2n) is 8.15. The molecule has 1 atom stereocenters. The third kappa shape index (κ3) is 4.72. The van der Waals surface area contributed by atoms with Gasteiger partial charge in [-0.1, -0.05) is 82.3 Å². The molecule has 0 unspecified atom stereocenters. The molecule has 0 heterocycles. The van der Waals surface area contributed by atoms with E-state index in [1.54, 1.807) is 0 Å². The summed E-state index contributed by atoms with van der Waals surface area (Å²) in [5, 5.41) is 5.38. The highest BCUT2D eigenvalue weighted by Gasteiger charge is 2.19. The molecule has 0 radical (unpaired) electrons. The molecule has 0 spiro atoms. The van der Waals surface area contributed by atoms with E-state index in [1.807, 2.05) is 37.3 Å². The number of hydrogen-bond donors (Lipinski definition) is 1. The van der Waals surface area contributed by atoms with Gasteiger partial charge in [0.2, 0.25) is 0 Å². The van der Waals surface area contributed by atoms with Crippen molar-refractivity contribution in [3.8, 4) is 5.75 Å². The van der Waals surface area contributed by atoms with E-state index in [0.717, 1.165) is 16.7 Å². The average molecular weight is 376 g/mol. The summed E-state index contributed by atoms with van der Waals surface area (Å²) >= 11 is 0. The van der Waals surface area contributed by atoms with Crippen molar-refractivity contribution >= 4 is 16.7 Å². The Kier molecular flexibility index (Phi) is 6.03. The van der Waals surface area contributed by atoms with Gasteiger partial charge in [-0.05, 0) is 45.9 Å². The van der Waals surface area contributed by atoms with Crippen molar-refractivity contribution in [2.24, 2.45) is 0 Å². The maximum Gasteiger partial charge on any atom is 0.261 e. The van der Waals surface area contributed by atoms with E-state index in [2.05, 4.69) is 62.5 Å².